The smallest absolute Gasteiger partial charge is 0.328 e. The molecule has 0 spiro atoms. The molecular formula is C16H21NO2. The van der Waals surface area contributed by atoms with Gasteiger partial charge in [0.1, 0.15) is 6.04 Å². The molecule has 2 aromatic rings. The van der Waals surface area contributed by atoms with Crippen molar-refractivity contribution in [3.63, 3.8) is 0 Å². The highest BCUT2D eigenvalue weighted by Gasteiger charge is 2.24. The number of esters is 1. The van der Waals surface area contributed by atoms with E-state index in [-0.39, 0.29) is 12.0 Å². The molecule has 0 fully saturated rings. The molecule has 1 atom stereocenters. The Bertz CT molecular complexity index is 583. The van der Waals surface area contributed by atoms with Gasteiger partial charge in [-0.1, -0.05) is 32.0 Å². The number of hydrogen-bond donors (Lipinski definition) is 0. The number of carbonyl (C=O) groups excluding carboxylic acids is 1. The average molecular weight is 259 g/mol. The standard InChI is InChI=1S/C16H21NO2/c1-11(2)9-15(16(18)19-4)17-10-12(3)13-7-5-6-8-14(13)17/h5-8,10-11,15H,9H2,1-4H3/t15-/m1/s1. The van der Waals surface area contributed by atoms with Crippen LogP contribution in [0.5, 0.6) is 0 Å². The van der Waals surface area contributed by atoms with Gasteiger partial charge in [0.05, 0.1) is 7.11 Å². The number of methoxy groups -OCH3 is 1. The number of hydrogen-bond acceptors (Lipinski definition) is 2. The van der Waals surface area contributed by atoms with Gasteiger partial charge in [0.2, 0.25) is 0 Å². The van der Waals surface area contributed by atoms with Gasteiger partial charge < -0.3 is 9.30 Å². The van der Waals surface area contributed by atoms with E-state index < -0.39 is 0 Å². The molecule has 1 aromatic heterocycles. The number of benzene rings is 1. The lowest BCUT2D eigenvalue weighted by molar-refractivity contribution is -0.145. The summed E-state index contributed by atoms with van der Waals surface area (Å²) in [5.74, 6) is 0.264. The summed E-state index contributed by atoms with van der Waals surface area (Å²) in [4.78, 5) is 12.1. The van der Waals surface area contributed by atoms with Gasteiger partial charge in [-0.05, 0) is 30.9 Å². The van der Waals surface area contributed by atoms with Crippen molar-refractivity contribution in [1.29, 1.82) is 0 Å². The maximum Gasteiger partial charge on any atom is 0.328 e. The highest BCUT2D eigenvalue weighted by Crippen LogP contribution is 2.28. The molecule has 0 bridgehead atoms. The van der Waals surface area contributed by atoms with E-state index in [0.717, 1.165) is 11.9 Å². The predicted octanol–water partition coefficient (Wildman–Crippen LogP) is 3.71. The van der Waals surface area contributed by atoms with Gasteiger partial charge in [0.15, 0.2) is 0 Å². The molecule has 3 heteroatoms. The number of rotatable bonds is 4. The Morgan fingerprint density at radius 3 is 2.63 bits per heavy atom. The summed E-state index contributed by atoms with van der Waals surface area (Å²) in [5, 5.41) is 1.19. The molecule has 0 aliphatic carbocycles. The maximum absolute atomic E-state index is 12.1. The van der Waals surface area contributed by atoms with Crippen LogP contribution < -0.4 is 0 Å². The summed E-state index contributed by atoms with van der Waals surface area (Å²) in [6.45, 7) is 6.31. The van der Waals surface area contributed by atoms with Crippen molar-refractivity contribution in [2.45, 2.75) is 33.2 Å². The third kappa shape index (κ3) is 2.65. The Morgan fingerprint density at radius 2 is 2.00 bits per heavy atom. The first-order valence-electron chi connectivity index (χ1n) is 6.68. The topological polar surface area (TPSA) is 31.2 Å². The Kier molecular flexibility index (Phi) is 3.93. The normalized spacial score (nSPS) is 12.9. The highest BCUT2D eigenvalue weighted by atomic mass is 16.5. The van der Waals surface area contributed by atoms with Crippen molar-refractivity contribution in [2.24, 2.45) is 5.92 Å². The number of aryl methyl sites for hydroxylation is 1. The lowest BCUT2D eigenvalue weighted by Gasteiger charge is -2.19. The monoisotopic (exact) mass is 259 g/mol. The first-order chi connectivity index (χ1) is 9.04. The summed E-state index contributed by atoms with van der Waals surface area (Å²) in [7, 11) is 1.45. The van der Waals surface area contributed by atoms with Crippen LogP contribution in [0.25, 0.3) is 10.9 Å². The van der Waals surface area contributed by atoms with Crippen LogP contribution in [-0.2, 0) is 9.53 Å². The van der Waals surface area contributed by atoms with Crippen LogP contribution in [0.1, 0.15) is 31.9 Å². The maximum atomic E-state index is 12.1. The molecule has 0 aliphatic heterocycles. The van der Waals surface area contributed by atoms with Crippen molar-refractivity contribution in [3.8, 4) is 0 Å². The number of carbonyl (C=O) groups is 1. The van der Waals surface area contributed by atoms with Gasteiger partial charge in [0, 0.05) is 17.1 Å². The summed E-state index contributed by atoms with van der Waals surface area (Å²) >= 11 is 0. The van der Waals surface area contributed by atoms with Crippen LogP contribution in [0.15, 0.2) is 30.5 Å². The quantitative estimate of drug-likeness (QED) is 0.784. The summed E-state index contributed by atoms with van der Waals surface area (Å²) in [6, 6.07) is 7.92. The van der Waals surface area contributed by atoms with E-state index in [4.69, 9.17) is 4.74 Å². The minimum absolute atomic E-state index is 0.172. The van der Waals surface area contributed by atoms with Gasteiger partial charge in [-0.2, -0.15) is 0 Å². The summed E-state index contributed by atoms with van der Waals surface area (Å²) < 4.78 is 7.02. The molecule has 0 aliphatic rings. The molecule has 0 radical (unpaired) electrons. The van der Waals surface area contributed by atoms with Gasteiger partial charge in [-0.25, -0.2) is 4.79 Å². The third-order valence-corrected chi connectivity index (χ3v) is 3.44. The second kappa shape index (κ2) is 5.47. The fourth-order valence-electron chi connectivity index (χ4n) is 2.54. The van der Waals surface area contributed by atoms with Crippen LogP contribution in [-0.4, -0.2) is 17.6 Å². The summed E-state index contributed by atoms with van der Waals surface area (Å²) in [5.41, 5.74) is 2.28. The predicted molar refractivity (Wildman–Crippen MR) is 77.2 cm³/mol. The molecular weight excluding hydrogens is 238 g/mol. The minimum Gasteiger partial charge on any atom is -0.467 e. The Morgan fingerprint density at radius 1 is 1.32 bits per heavy atom. The molecule has 19 heavy (non-hydrogen) atoms. The third-order valence-electron chi connectivity index (χ3n) is 3.44. The fourth-order valence-corrected chi connectivity index (χ4v) is 2.54. The van der Waals surface area contributed by atoms with E-state index in [1.54, 1.807) is 0 Å². The van der Waals surface area contributed by atoms with E-state index in [1.807, 2.05) is 12.1 Å². The zero-order valence-electron chi connectivity index (χ0n) is 12.0. The lowest BCUT2D eigenvalue weighted by Crippen LogP contribution is -2.22. The number of aromatic nitrogens is 1. The number of fused-ring (bicyclic) bond motifs is 1. The van der Waals surface area contributed by atoms with Crippen molar-refractivity contribution in [1.82, 2.24) is 4.57 Å². The molecule has 2 rings (SSSR count). The van der Waals surface area contributed by atoms with Gasteiger partial charge >= 0.3 is 5.97 Å². The zero-order chi connectivity index (χ0) is 14.0. The first-order valence-corrected chi connectivity index (χ1v) is 6.68. The fraction of sp³-hybridized carbons (Fsp3) is 0.438. The van der Waals surface area contributed by atoms with Crippen molar-refractivity contribution >= 4 is 16.9 Å². The Hall–Kier alpha value is -1.77. The van der Waals surface area contributed by atoms with Gasteiger partial charge in [-0.15, -0.1) is 0 Å². The largest absolute Gasteiger partial charge is 0.467 e. The second-order valence-corrected chi connectivity index (χ2v) is 5.41. The van der Waals surface area contributed by atoms with Gasteiger partial charge in [0.25, 0.3) is 0 Å². The van der Waals surface area contributed by atoms with Crippen LogP contribution in [0.2, 0.25) is 0 Å². The van der Waals surface area contributed by atoms with E-state index in [2.05, 4.69) is 43.7 Å². The van der Waals surface area contributed by atoms with E-state index >= 15 is 0 Å². The molecule has 0 saturated heterocycles. The molecule has 0 unspecified atom stereocenters. The summed E-state index contributed by atoms with van der Waals surface area (Å²) in [6.07, 6.45) is 2.83. The molecule has 102 valence electrons. The van der Waals surface area contributed by atoms with Crippen LogP contribution in [0, 0.1) is 12.8 Å². The van der Waals surface area contributed by atoms with Crippen molar-refractivity contribution in [2.75, 3.05) is 7.11 Å². The first kappa shape index (κ1) is 13.7. The number of para-hydroxylation sites is 1. The van der Waals surface area contributed by atoms with Crippen LogP contribution in [0.3, 0.4) is 0 Å². The number of ether oxygens (including phenoxy) is 1. The Balaban J connectivity index is 2.52. The molecule has 1 aromatic carbocycles. The van der Waals surface area contributed by atoms with Gasteiger partial charge in [-0.3, -0.25) is 0 Å². The molecule has 0 amide bonds. The second-order valence-electron chi connectivity index (χ2n) is 5.41. The van der Waals surface area contributed by atoms with E-state index in [1.165, 1.54) is 18.1 Å². The average Bonchev–Trinajstić information content (AvgIpc) is 2.73. The molecule has 0 N–H and O–H groups in total. The molecule has 0 saturated carbocycles. The molecule has 1 heterocycles. The van der Waals surface area contributed by atoms with E-state index in [0.29, 0.717) is 5.92 Å². The van der Waals surface area contributed by atoms with Crippen molar-refractivity contribution < 1.29 is 9.53 Å². The van der Waals surface area contributed by atoms with Crippen LogP contribution in [0.4, 0.5) is 0 Å². The SMILES string of the molecule is COC(=O)[C@@H](CC(C)C)n1cc(C)c2ccccc21. The Labute approximate surface area is 114 Å². The lowest BCUT2D eigenvalue weighted by atomic mass is 10.0. The highest BCUT2D eigenvalue weighted by molar-refractivity contribution is 5.86. The van der Waals surface area contributed by atoms with Crippen LogP contribution >= 0.6 is 0 Å². The van der Waals surface area contributed by atoms with E-state index in [9.17, 15) is 4.79 Å². The zero-order valence-corrected chi connectivity index (χ0v) is 12.0. The minimum atomic E-state index is -0.247. The van der Waals surface area contributed by atoms with Crippen molar-refractivity contribution in [3.05, 3.63) is 36.0 Å². The molecule has 3 nitrogen and oxygen atoms in total. The number of nitrogens with zero attached hydrogens (tertiary/aromatic N) is 1.